The summed E-state index contributed by atoms with van der Waals surface area (Å²) in [5, 5.41) is 20.0. The summed E-state index contributed by atoms with van der Waals surface area (Å²) in [6.45, 7) is 4.43. The SMILES string of the molecule is CCC(C)c1ccccc1-c1sc2cc(O)ccc2c1Oc1ccc(/C=C/C(O)=S)cc1. The molecular weight excluding hydrogens is 436 g/mol. The third kappa shape index (κ3) is 4.69. The number of rotatable bonds is 7. The molecule has 2 N–H and O–H groups in total. The Morgan fingerprint density at radius 2 is 1.84 bits per heavy atom. The molecule has 3 nitrogen and oxygen atoms in total. The number of hydrogen-bond acceptors (Lipinski definition) is 4. The third-order valence-corrected chi connectivity index (χ3v) is 6.80. The van der Waals surface area contributed by atoms with E-state index in [4.69, 9.17) is 4.74 Å². The number of hydrogen-bond donors (Lipinski definition) is 2. The smallest absolute Gasteiger partial charge is 0.181 e. The van der Waals surface area contributed by atoms with Crippen LogP contribution in [-0.2, 0) is 0 Å². The molecule has 4 aromatic rings. The second kappa shape index (κ2) is 9.55. The summed E-state index contributed by atoms with van der Waals surface area (Å²) in [5.41, 5.74) is 3.36. The van der Waals surface area contributed by atoms with Crippen molar-refractivity contribution in [2.75, 3.05) is 0 Å². The number of aromatic hydroxyl groups is 1. The summed E-state index contributed by atoms with van der Waals surface area (Å²) >= 11 is 6.31. The number of thiocarbonyl (C=S) groups is 1. The van der Waals surface area contributed by atoms with Crippen molar-refractivity contribution in [3.63, 3.8) is 0 Å². The van der Waals surface area contributed by atoms with Gasteiger partial charge in [0.05, 0.1) is 4.88 Å². The summed E-state index contributed by atoms with van der Waals surface area (Å²) in [4.78, 5) is 1.05. The summed E-state index contributed by atoms with van der Waals surface area (Å²) < 4.78 is 7.41. The van der Waals surface area contributed by atoms with Crippen molar-refractivity contribution in [1.29, 1.82) is 0 Å². The van der Waals surface area contributed by atoms with Crippen molar-refractivity contribution in [1.82, 2.24) is 0 Å². The Hall–Kier alpha value is -3.15. The predicted molar refractivity (Wildman–Crippen MR) is 138 cm³/mol. The maximum absolute atomic E-state index is 10.0. The molecule has 0 saturated heterocycles. The average molecular weight is 461 g/mol. The van der Waals surface area contributed by atoms with Gasteiger partial charge in [-0.2, -0.15) is 0 Å². The maximum Gasteiger partial charge on any atom is 0.181 e. The minimum Gasteiger partial charge on any atom is -0.508 e. The van der Waals surface area contributed by atoms with Crippen LogP contribution in [0, 0.1) is 0 Å². The maximum atomic E-state index is 10.0. The van der Waals surface area contributed by atoms with E-state index in [1.54, 1.807) is 29.5 Å². The van der Waals surface area contributed by atoms with Gasteiger partial charge in [0, 0.05) is 10.1 Å². The highest BCUT2D eigenvalue weighted by Gasteiger charge is 2.20. The molecule has 1 aromatic heterocycles. The van der Waals surface area contributed by atoms with E-state index in [1.165, 1.54) is 11.6 Å². The Labute approximate surface area is 197 Å². The Kier molecular flexibility index (Phi) is 6.58. The van der Waals surface area contributed by atoms with Gasteiger partial charge in [-0.1, -0.05) is 56.3 Å². The predicted octanol–water partition coefficient (Wildman–Crippen LogP) is 8.48. The third-order valence-electron chi connectivity index (χ3n) is 5.50. The molecule has 0 aliphatic rings. The molecule has 0 radical (unpaired) electrons. The molecule has 4 rings (SSSR count). The van der Waals surface area contributed by atoms with Crippen molar-refractivity contribution in [3.05, 3.63) is 83.9 Å². The van der Waals surface area contributed by atoms with Gasteiger partial charge in [-0.25, -0.2) is 0 Å². The van der Waals surface area contributed by atoms with E-state index in [-0.39, 0.29) is 10.8 Å². The molecule has 162 valence electrons. The fourth-order valence-corrected chi connectivity index (χ4v) is 4.90. The lowest BCUT2D eigenvalue weighted by Gasteiger charge is -2.15. The Balaban J connectivity index is 1.80. The molecular formula is C27H24O3S2. The molecule has 0 aliphatic carbocycles. The van der Waals surface area contributed by atoms with Crippen molar-refractivity contribution in [3.8, 4) is 27.7 Å². The van der Waals surface area contributed by atoms with Crippen LogP contribution in [-0.4, -0.2) is 15.3 Å². The van der Waals surface area contributed by atoms with E-state index in [1.807, 2.05) is 30.3 Å². The van der Waals surface area contributed by atoms with E-state index in [2.05, 4.69) is 50.3 Å². The van der Waals surface area contributed by atoms with E-state index in [0.717, 1.165) is 38.3 Å². The Morgan fingerprint density at radius 1 is 1.09 bits per heavy atom. The molecule has 1 heterocycles. The van der Waals surface area contributed by atoms with E-state index in [9.17, 15) is 10.2 Å². The summed E-state index contributed by atoms with van der Waals surface area (Å²) in [5.74, 6) is 2.16. The number of phenols is 1. The van der Waals surface area contributed by atoms with Crippen molar-refractivity contribution >= 4 is 44.8 Å². The number of ether oxygens (including phenoxy) is 1. The van der Waals surface area contributed by atoms with Crippen LogP contribution < -0.4 is 4.74 Å². The first kappa shape index (κ1) is 22.1. The fraction of sp³-hybridized carbons (Fsp3) is 0.148. The fourth-order valence-electron chi connectivity index (χ4n) is 3.63. The Morgan fingerprint density at radius 3 is 2.56 bits per heavy atom. The van der Waals surface area contributed by atoms with Crippen LogP contribution in [0.5, 0.6) is 17.2 Å². The minimum absolute atomic E-state index is 0.150. The Bertz CT molecular complexity index is 1290. The number of fused-ring (bicyclic) bond motifs is 1. The standard InChI is InChI=1S/C27H24O3S2/c1-3-17(2)21-6-4-5-7-22(21)27-26(23-14-11-19(28)16-24(23)32-27)30-20-12-8-18(9-13-20)10-15-25(29)31/h4-17,28H,3H2,1-2H3,(H,29,31)/b15-10+. The minimum atomic E-state index is -0.150. The van der Waals surface area contributed by atoms with Crippen LogP contribution in [0.25, 0.3) is 26.6 Å². The summed E-state index contributed by atoms with van der Waals surface area (Å²) in [6.07, 6.45) is 4.28. The van der Waals surface area contributed by atoms with E-state index in [0.29, 0.717) is 11.7 Å². The first-order valence-electron chi connectivity index (χ1n) is 10.5. The zero-order valence-electron chi connectivity index (χ0n) is 17.9. The lowest BCUT2D eigenvalue weighted by Crippen LogP contribution is -1.95. The van der Waals surface area contributed by atoms with Crippen LogP contribution in [0.1, 0.15) is 37.3 Å². The van der Waals surface area contributed by atoms with Crippen molar-refractivity contribution in [2.45, 2.75) is 26.2 Å². The molecule has 32 heavy (non-hydrogen) atoms. The molecule has 0 fully saturated rings. The van der Waals surface area contributed by atoms with Crippen LogP contribution in [0.15, 0.2) is 72.8 Å². The van der Waals surface area contributed by atoms with Crippen LogP contribution in [0.4, 0.5) is 0 Å². The quantitative estimate of drug-likeness (QED) is 0.214. The molecule has 1 atom stereocenters. The van der Waals surface area contributed by atoms with Gasteiger partial charge in [-0.15, -0.1) is 11.3 Å². The average Bonchev–Trinajstić information content (AvgIpc) is 3.15. The number of thiophene rings is 1. The molecule has 5 heteroatoms. The lowest BCUT2D eigenvalue weighted by molar-refractivity contribution is 0.476. The van der Waals surface area contributed by atoms with Gasteiger partial charge < -0.3 is 14.9 Å². The normalized spacial score (nSPS) is 12.3. The van der Waals surface area contributed by atoms with E-state index < -0.39 is 0 Å². The zero-order chi connectivity index (χ0) is 22.7. The number of aliphatic hydroxyl groups is 1. The van der Waals surface area contributed by atoms with Crippen LogP contribution in [0.3, 0.4) is 0 Å². The first-order valence-corrected chi connectivity index (χ1v) is 11.7. The highest BCUT2D eigenvalue weighted by molar-refractivity contribution is 7.80. The van der Waals surface area contributed by atoms with Gasteiger partial charge >= 0.3 is 0 Å². The highest BCUT2D eigenvalue weighted by atomic mass is 32.1. The number of phenolic OH excluding ortho intramolecular Hbond substituents is 1. The second-order valence-corrected chi connectivity index (χ2v) is 9.15. The molecule has 1 unspecified atom stereocenters. The number of aliphatic hydroxyl groups excluding tert-OH is 1. The monoisotopic (exact) mass is 460 g/mol. The summed E-state index contributed by atoms with van der Waals surface area (Å²) in [6, 6.07) is 21.5. The van der Waals surface area contributed by atoms with Gasteiger partial charge in [0.2, 0.25) is 0 Å². The van der Waals surface area contributed by atoms with Crippen LogP contribution >= 0.6 is 23.6 Å². The summed E-state index contributed by atoms with van der Waals surface area (Å²) in [7, 11) is 0. The van der Waals surface area contributed by atoms with Gasteiger partial charge in [0.25, 0.3) is 0 Å². The molecule has 0 aliphatic heterocycles. The number of benzene rings is 3. The second-order valence-electron chi connectivity index (χ2n) is 7.68. The molecule has 0 saturated carbocycles. The zero-order valence-corrected chi connectivity index (χ0v) is 19.5. The molecule has 0 spiro atoms. The highest BCUT2D eigenvalue weighted by Crippen LogP contribution is 2.49. The topological polar surface area (TPSA) is 49.7 Å². The molecule has 3 aromatic carbocycles. The molecule has 0 amide bonds. The van der Waals surface area contributed by atoms with Gasteiger partial charge in [-0.3, -0.25) is 0 Å². The van der Waals surface area contributed by atoms with Gasteiger partial charge in [0.15, 0.2) is 10.8 Å². The lowest BCUT2D eigenvalue weighted by atomic mass is 9.92. The van der Waals surface area contributed by atoms with Gasteiger partial charge in [-0.05, 0) is 77.7 Å². The first-order chi connectivity index (χ1) is 15.5. The van der Waals surface area contributed by atoms with Crippen molar-refractivity contribution < 1.29 is 14.9 Å². The van der Waals surface area contributed by atoms with Crippen molar-refractivity contribution in [2.24, 2.45) is 0 Å². The van der Waals surface area contributed by atoms with E-state index >= 15 is 0 Å². The largest absolute Gasteiger partial charge is 0.508 e. The van der Waals surface area contributed by atoms with Gasteiger partial charge in [0.1, 0.15) is 11.5 Å². The van der Waals surface area contributed by atoms with Crippen LogP contribution in [0.2, 0.25) is 0 Å². The molecule has 0 bridgehead atoms.